The molecule has 0 aliphatic carbocycles. The Labute approximate surface area is 197 Å². The summed E-state index contributed by atoms with van der Waals surface area (Å²) < 4.78 is 36.6. The minimum atomic E-state index is -3.91. The fourth-order valence-corrected chi connectivity index (χ4v) is 5.81. The zero-order chi connectivity index (χ0) is 23.9. The number of rotatable bonds is 6. The normalized spacial score (nSPS) is 15.7. The summed E-state index contributed by atoms with van der Waals surface area (Å²) in [5.74, 6) is -0.552. The third kappa shape index (κ3) is 3.99. The maximum atomic E-state index is 13.7. The lowest BCUT2D eigenvalue weighted by Crippen LogP contribution is -2.43. The van der Waals surface area contributed by atoms with Gasteiger partial charge in [-0.2, -0.15) is 5.10 Å². The lowest BCUT2D eigenvalue weighted by molar-refractivity contribution is -0.137. The number of hydrogen-bond donors (Lipinski definition) is 1. The zero-order valence-electron chi connectivity index (χ0n) is 18.5. The van der Waals surface area contributed by atoms with Crippen LogP contribution in [-0.4, -0.2) is 41.8 Å². The van der Waals surface area contributed by atoms with Crippen LogP contribution < -0.4 is 9.04 Å². The summed E-state index contributed by atoms with van der Waals surface area (Å²) in [6, 6.07) is 17.9. The molecular weight excluding hydrogens is 454 g/mol. The van der Waals surface area contributed by atoms with Gasteiger partial charge in [0.1, 0.15) is 11.9 Å². The molecule has 34 heavy (non-hydrogen) atoms. The number of anilines is 1. The van der Waals surface area contributed by atoms with Crippen molar-refractivity contribution in [1.82, 2.24) is 9.61 Å². The topological polar surface area (TPSA) is 101 Å². The summed E-state index contributed by atoms with van der Waals surface area (Å²) in [7, 11) is -3.91. The molecule has 0 fully saturated rings. The number of carbonyl (C=O) groups is 1. The van der Waals surface area contributed by atoms with E-state index in [0.717, 1.165) is 22.2 Å². The first kappa shape index (κ1) is 22.0. The second-order valence-corrected chi connectivity index (χ2v) is 10.2. The van der Waals surface area contributed by atoms with Crippen LogP contribution in [0.2, 0.25) is 0 Å². The number of carboxylic acid groups (broad SMARTS) is 1. The number of aromatic nitrogens is 2. The van der Waals surface area contributed by atoms with Crippen molar-refractivity contribution in [3.63, 3.8) is 0 Å². The van der Waals surface area contributed by atoms with Crippen LogP contribution in [0.5, 0.6) is 5.75 Å². The molecule has 0 saturated carbocycles. The van der Waals surface area contributed by atoms with E-state index in [0.29, 0.717) is 11.4 Å². The van der Waals surface area contributed by atoms with Crippen LogP contribution in [0, 0.1) is 6.92 Å². The quantitative estimate of drug-likeness (QED) is 0.448. The number of sulfonamides is 1. The van der Waals surface area contributed by atoms with Crippen LogP contribution in [0.4, 0.5) is 5.69 Å². The standard InChI is InChI=1S/C25H23N3O5S/c1-17-5-4-6-20(13-17)34(31,32)28-16-19(9-11-25(29)30)33-24-10-8-18(14-23(24)28)21-15-26-27-12-3-2-7-22(21)27/h2-8,10,12-15,19H,9,11,16H2,1H3,(H,29,30)/t19-/m0/s1. The van der Waals surface area contributed by atoms with Crippen molar-refractivity contribution in [1.29, 1.82) is 0 Å². The minimum Gasteiger partial charge on any atom is -0.486 e. The summed E-state index contributed by atoms with van der Waals surface area (Å²) >= 11 is 0. The van der Waals surface area contributed by atoms with Gasteiger partial charge in [-0.1, -0.05) is 24.3 Å². The molecule has 0 radical (unpaired) electrons. The van der Waals surface area contributed by atoms with E-state index in [4.69, 9.17) is 9.84 Å². The van der Waals surface area contributed by atoms with Crippen molar-refractivity contribution in [2.75, 3.05) is 10.8 Å². The van der Waals surface area contributed by atoms with E-state index < -0.39 is 22.1 Å². The van der Waals surface area contributed by atoms with Crippen LogP contribution in [-0.2, 0) is 14.8 Å². The fraction of sp³-hybridized carbons (Fsp3) is 0.200. The van der Waals surface area contributed by atoms with Crippen molar-refractivity contribution in [3.05, 3.63) is 78.6 Å². The molecule has 3 heterocycles. The molecule has 2 aromatic carbocycles. The number of fused-ring (bicyclic) bond motifs is 2. The third-order valence-corrected chi connectivity index (χ3v) is 7.66. The molecule has 0 saturated heterocycles. The molecule has 1 aliphatic heterocycles. The fourth-order valence-electron chi connectivity index (χ4n) is 4.20. The van der Waals surface area contributed by atoms with Gasteiger partial charge in [0.25, 0.3) is 10.0 Å². The largest absolute Gasteiger partial charge is 0.486 e. The van der Waals surface area contributed by atoms with Gasteiger partial charge in [-0.15, -0.1) is 0 Å². The van der Waals surface area contributed by atoms with Crippen molar-refractivity contribution in [2.24, 2.45) is 0 Å². The van der Waals surface area contributed by atoms with Crippen molar-refractivity contribution in [2.45, 2.75) is 30.8 Å². The smallest absolute Gasteiger partial charge is 0.303 e. The lowest BCUT2D eigenvalue weighted by atomic mass is 10.0. The molecule has 2 aromatic heterocycles. The van der Waals surface area contributed by atoms with Crippen molar-refractivity contribution < 1.29 is 23.1 Å². The molecular formula is C25H23N3O5S. The van der Waals surface area contributed by atoms with Crippen molar-refractivity contribution in [3.8, 4) is 16.9 Å². The van der Waals surface area contributed by atoms with E-state index in [9.17, 15) is 13.2 Å². The number of hydrogen-bond acceptors (Lipinski definition) is 5. The van der Waals surface area contributed by atoms with Gasteiger partial charge in [-0.25, -0.2) is 12.9 Å². The second kappa shape index (κ2) is 8.49. The van der Waals surface area contributed by atoms with Gasteiger partial charge in [0.15, 0.2) is 0 Å². The van der Waals surface area contributed by atoms with Crippen molar-refractivity contribution >= 4 is 27.2 Å². The Kier molecular flexibility index (Phi) is 5.49. The van der Waals surface area contributed by atoms with E-state index >= 15 is 0 Å². The van der Waals surface area contributed by atoms with E-state index in [1.807, 2.05) is 43.5 Å². The van der Waals surface area contributed by atoms with Gasteiger partial charge in [0.05, 0.1) is 28.8 Å². The monoisotopic (exact) mass is 477 g/mol. The number of nitrogens with zero attached hydrogens (tertiary/aromatic N) is 3. The first-order valence-electron chi connectivity index (χ1n) is 10.9. The highest BCUT2D eigenvalue weighted by atomic mass is 32.2. The Morgan fingerprint density at radius 1 is 1.15 bits per heavy atom. The minimum absolute atomic E-state index is 0.0226. The zero-order valence-corrected chi connectivity index (χ0v) is 19.3. The molecule has 4 aromatic rings. The number of aliphatic carboxylic acids is 1. The molecule has 1 N–H and O–H groups in total. The predicted molar refractivity (Wildman–Crippen MR) is 128 cm³/mol. The maximum Gasteiger partial charge on any atom is 0.303 e. The number of pyridine rings is 1. The Hall–Kier alpha value is -3.85. The molecule has 0 spiro atoms. The van der Waals surface area contributed by atoms with E-state index in [1.165, 1.54) is 4.31 Å². The van der Waals surface area contributed by atoms with E-state index in [1.54, 1.807) is 41.0 Å². The van der Waals surface area contributed by atoms with Gasteiger partial charge in [0, 0.05) is 18.2 Å². The Bertz CT molecular complexity index is 1500. The number of benzene rings is 2. The SMILES string of the molecule is Cc1cccc(S(=O)(=O)N2C[C@H](CCC(=O)O)Oc3ccc(-c4cnn5ccccc45)cc32)c1. The average molecular weight is 478 g/mol. The van der Waals surface area contributed by atoms with Crippen LogP contribution in [0.1, 0.15) is 18.4 Å². The highest BCUT2D eigenvalue weighted by molar-refractivity contribution is 7.92. The Balaban J connectivity index is 1.61. The molecule has 174 valence electrons. The van der Waals surface area contributed by atoms with Gasteiger partial charge < -0.3 is 9.84 Å². The molecule has 1 aliphatic rings. The summed E-state index contributed by atoms with van der Waals surface area (Å²) in [6.07, 6.45) is 3.10. The van der Waals surface area contributed by atoms with Gasteiger partial charge in [-0.05, 0) is 60.9 Å². The summed E-state index contributed by atoms with van der Waals surface area (Å²) in [4.78, 5) is 11.3. The van der Waals surface area contributed by atoms with E-state index in [-0.39, 0.29) is 24.3 Å². The molecule has 8 nitrogen and oxygen atoms in total. The number of carboxylic acids is 1. The van der Waals surface area contributed by atoms with Gasteiger partial charge in [-0.3, -0.25) is 9.10 Å². The predicted octanol–water partition coefficient (Wildman–Crippen LogP) is 4.13. The third-order valence-electron chi connectivity index (χ3n) is 5.89. The molecule has 0 unspecified atom stereocenters. The van der Waals surface area contributed by atoms with Crippen LogP contribution in [0.15, 0.2) is 78.0 Å². The molecule has 1 atom stereocenters. The first-order chi connectivity index (χ1) is 16.3. The van der Waals surface area contributed by atoms with Crippen LogP contribution in [0.3, 0.4) is 0 Å². The van der Waals surface area contributed by atoms with Gasteiger partial charge in [0.2, 0.25) is 0 Å². The second-order valence-electron chi connectivity index (χ2n) is 8.30. The first-order valence-corrected chi connectivity index (χ1v) is 12.3. The number of ether oxygens (including phenoxy) is 1. The van der Waals surface area contributed by atoms with Crippen LogP contribution in [0.25, 0.3) is 16.6 Å². The summed E-state index contributed by atoms with van der Waals surface area (Å²) in [5.41, 5.74) is 3.81. The van der Waals surface area contributed by atoms with Gasteiger partial charge >= 0.3 is 5.97 Å². The molecule has 0 amide bonds. The van der Waals surface area contributed by atoms with Crippen LogP contribution >= 0.6 is 0 Å². The Morgan fingerprint density at radius 2 is 2.00 bits per heavy atom. The maximum absolute atomic E-state index is 13.7. The molecule has 9 heteroatoms. The molecule has 5 rings (SSSR count). The lowest BCUT2D eigenvalue weighted by Gasteiger charge is -2.35. The summed E-state index contributed by atoms with van der Waals surface area (Å²) in [6.45, 7) is 1.86. The highest BCUT2D eigenvalue weighted by Gasteiger charge is 2.35. The summed E-state index contributed by atoms with van der Waals surface area (Å²) in [5, 5.41) is 13.5. The number of aryl methyl sites for hydroxylation is 1. The van der Waals surface area contributed by atoms with E-state index in [2.05, 4.69) is 5.10 Å². The average Bonchev–Trinajstić information content (AvgIpc) is 3.26. The highest BCUT2D eigenvalue weighted by Crippen LogP contribution is 2.41. The Morgan fingerprint density at radius 3 is 2.79 bits per heavy atom. The molecule has 0 bridgehead atoms.